The molecule has 0 unspecified atom stereocenters. The topological polar surface area (TPSA) is 92.7 Å². The van der Waals surface area contributed by atoms with Crippen LogP contribution in [0.15, 0.2) is 29.4 Å². The van der Waals surface area contributed by atoms with Crippen molar-refractivity contribution in [2.75, 3.05) is 4.72 Å². The van der Waals surface area contributed by atoms with Crippen LogP contribution >= 0.6 is 0 Å². The SMILES string of the molecule is CCn1cc(S(=O)(=O)Nc2ccc3nc(C)[nH]c3c2)nc1C. The van der Waals surface area contributed by atoms with Gasteiger partial charge < -0.3 is 9.55 Å². The maximum Gasteiger partial charge on any atom is 0.280 e. The zero-order chi connectivity index (χ0) is 15.9. The van der Waals surface area contributed by atoms with Crippen LogP contribution in [0.5, 0.6) is 0 Å². The van der Waals surface area contributed by atoms with E-state index in [1.807, 2.05) is 13.8 Å². The second kappa shape index (κ2) is 5.13. The van der Waals surface area contributed by atoms with Crippen molar-refractivity contribution in [3.8, 4) is 0 Å². The first-order chi connectivity index (χ1) is 10.4. The van der Waals surface area contributed by atoms with Crippen molar-refractivity contribution in [3.63, 3.8) is 0 Å². The fourth-order valence-electron chi connectivity index (χ4n) is 2.34. The highest BCUT2D eigenvalue weighted by Crippen LogP contribution is 2.20. The van der Waals surface area contributed by atoms with Gasteiger partial charge in [0.05, 0.1) is 16.7 Å². The van der Waals surface area contributed by atoms with Crippen LogP contribution in [-0.4, -0.2) is 27.9 Å². The third-order valence-electron chi connectivity index (χ3n) is 3.42. The summed E-state index contributed by atoms with van der Waals surface area (Å²) in [7, 11) is -3.70. The third kappa shape index (κ3) is 2.57. The molecule has 2 heterocycles. The highest BCUT2D eigenvalue weighted by molar-refractivity contribution is 7.92. The first-order valence-electron chi connectivity index (χ1n) is 6.92. The highest BCUT2D eigenvalue weighted by Gasteiger charge is 2.19. The molecule has 22 heavy (non-hydrogen) atoms. The van der Waals surface area contributed by atoms with Crippen molar-refractivity contribution < 1.29 is 8.42 Å². The average Bonchev–Trinajstić information content (AvgIpc) is 3.00. The van der Waals surface area contributed by atoms with E-state index < -0.39 is 10.0 Å². The Morgan fingerprint density at radius 2 is 2.05 bits per heavy atom. The number of nitrogens with one attached hydrogen (secondary N) is 2. The Bertz CT molecular complexity index is 939. The normalized spacial score (nSPS) is 12.0. The molecule has 3 rings (SSSR count). The molecule has 0 bridgehead atoms. The van der Waals surface area contributed by atoms with Crippen molar-refractivity contribution in [2.24, 2.45) is 0 Å². The van der Waals surface area contributed by atoms with Gasteiger partial charge in [0.15, 0.2) is 5.03 Å². The molecule has 2 N–H and O–H groups in total. The van der Waals surface area contributed by atoms with E-state index in [1.54, 1.807) is 29.7 Å². The summed E-state index contributed by atoms with van der Waals surface area (Å²) in [6.45, 7) is 6.24. The standard InChI is InChI=1S/C14H17N5O2S/c1-4-19-8-14(17-10(19)3)22(20,21)18-11-5-6-12-13(7-11)16-9(2)15-12/h5-8,18H,4H2,1-3H3,(H,15,16). The molecule has 7 nitrogen and oxygen atoms in total. The number of hydrogen-bond donors (Lipinski definition) is 2. The van der Waals surface area contributed by atoms with E-state index in [2.05, 4.69) is 19.7 Å². The first-order valence-corrected chi connectivity index (χ1v) is 8.40. The quantitative estimate of drug-likeness (QED) is 0.771. The Hall–Kier alpha value is -2.35. The summed E-state index contributed by atoms with van der Waals surface area (Å²) in [5, 5.41) is 0.0211. The van der Waals surface area contributed by atoms with Gasteiger partial charge >= 0.3 is 0 Å². The summed E-state index contributed by atoms with van der Waals surface area (Å²) < 4.78 is 29.2. The van der Waals surface area contributed by atoms with Gasteiger partial charge in [0.25, 0.3) is 10.0 Å². The molecular weight excluding hydrogens is 302 g/mol. The molecule has 0 atom stereocenters. The van der Waals surface area contributed by atoms with Gasteiger partial charge in [0.1, 0.15) is 11.6 Å². The van der Waals surface area contributed by atoms with Gasteiger partial charge in [-0.1, -0.05) is 0 Å². The lowest BCUT2D eigenvalue weighted by molar-refractivity contribution is 0.598. The van der Waals surface area contributed by atoms with Gasteiger partial charge in [-0.05, 0) is 39.0 Å². The highest BCUT2D eigenvalue weighted by atomic mass is 32.2. The van der Waals surface area contributed by atoms with Crippen LogP contribution in [0.2, 0.25) is 0 Å². The Morgan fingerprint density at radius 3 is 2.73 bits per heavy atom. The Labute approximate surface area is 128 Å². The van der Waals surface area contributed by atoms with Gasteiger partial charge in [-0.2, -0.15) is 8.42 Å². The van der Waals surface area contributed by atoms with Gasteiger partial charge in [-0.25, -0.2) is 9.97 Å². The number of sulfonamides is 1. The van der Waals surface area contributed by atoms with Crippen LogP contribution in [0.1, 0.15) is 18.6 Å². The summed E-state index contributed by atoms with van der Waals surface area (Å²) in [4.78, 5) is 11.5. The molecule has 0 aliphatic heterocycles. The molecule has 0 saturated heterocycles. The number of anilines is 1. The minimum absolute atomic E-state index is 0.0211. The summed E-state index contributed by atoms with van der Waals surface area (Å²) in [6.07, 6.45) is 1.54. The number of aryl methyl sites for hydroxylation is 3. The number of fused-ring (bicyclic) bond motifs is 1. The number of aromatic amines is 1. The number of benzene rings is 1. The van der Waals surface area contributed by atoms with Crippen molar-refractivity contribution in [1.29, 1.82) is 0 Å². The van der Waals surface area contributed by atoms with Crippen LogP contribution in [0.25, 0.3) is 11.0 Å². The summed E-state index contributed by atoms with van der Waals surface area (Å²) in [6, 6.07) is 5.17. The first kappa shape index (κ1) is 14.6. The van der Waals surface area contributed by atoms with Gasteiger partial charge in [0, 0.05) is 12.7 Å². The Kier molecular flexibility index (Phi) is 3.40. The fraction of sp³-hybridized carbons (Fsp3) is 0.286. The maximum absolute atomic E-state index is 12.4. The number of hydrogen-bond acceptors (Lipinski definition) is 4. The summed E-state index contributed by atoms with van der Waals surface area (Å²) >= 11 is 0. The Morgan fingerprint density at radius 1 is 1.27 bits per heavy atom. The second-order valence-corrected chi connectivity index (χ2v) is 6.70. The van der Waals surface area contributed by atoms with E-state index in [4.69, 9.17) is 0 Å². The minimum atomic E-state index is -3.70. The van der Waals surface area contributed by atoms with E-state index in [0.29, 0.717) is 18.1 Å². The predicted octanol–water partition coefficient (Wildman–Crippen LogP) is 2.20. The number of nitrogens with zero attached hydrogens (tertiary/aromatic N) is 3. The summed E-state index contributed by atoms with van der Waals surface area (Å²) in [5.41, 5.74) is 2.05. The Balaban J connectivity index is 1.94. The lowest BCUT2D eigenvalue weighted by atomic mass is 10.3. The van der Waals surface area contributed by atoms with E-state index >= 15 is 0 Å². The smallest absolute Gasteiger partial charge is 0.280 e. The number of H-pyrrole nitrogens is 1. The molecule has 8 heteroatoms. The van der Waals surface area contributed by atoms with Crippen molar-refractivity contribution in [3.05, 3.63) is 36.0 Å². The number of aromatic nitrogens is 4. The van der Waals surface area contributed by atoms with E-state index in [1.165, 1.54) is 6.20 Å². The molecule has 0 radical (unpaired) electrons. The molecule has 0 spiro atoms. The maximum atomic E-state index is 12.4. The van der Waals surface area contributed by atoms with Crippen LogP contribution in [0, 0.1) is 13.8 Å². The second-order valence-electron chi connectivity index (χ2n) is 5.07. The van der Waals surface area contributed by atoms with Crippen molar-refractivity contribution >= 4 is 26.7 Å². The van der Waals surface area contributed by atoms with Crippen LogP contribution in [0.4, 0.5) is 5.69 Å². The molecule has 1 aromatic carbocycles. The molecule has 0 aliphatic rings. The largest absolute Gasteiger partial charge is 0.342 e. The molecule has 3 aromatic rings. The van der Waals surface area contributed by atoms with Crippen LogP contribution in [-0.2, 0) is 16.6 Å². The van der Waals surface area contributed by atoms with Crippen molar-refractivity contribution in [2.45, 2.75) is 32.3 Å². The van der Waals surface area contributed by atoms with E-state index in [0.717, 1.165) is 16.9 Å². The van der Waals surface area contributed by atoms with Crippen LogP contribution < -0.4 is 4.72 Å². The third-order valence-corrected chi connectivity index (χ3v) is 4.67. The minimum Gasteiger partial charge on any atom is -0.342 e. The fourth-order valence-corrected chi connectivity index (χ4v) is 3.40. The molecular formula is C14H17N5O2S. The van der Waals surface area contributed by atoms with E-state index in [9.17, 15) is 8.42 Å². The zero-order valence-corrected chi connectivity index (χ0v) is 13.4. The lowest BCUT2D eigenvalue weighted by Gasteiger charge is -2.05. The molecule has 116 valence electrons. The molecule has 0 fully saturated rings. The number of rotatable bonds is 4. The van der Waals surface area contributed by atoms with Crippen LogP contribution in [0.3, 0.4) is 0 Å². The number of imidazole rings is 2. The molecule has 2 aromatic heterocycles. The summed E-state index contributed by atoms with van der Waals surface area (Å²) in [5.74, 6) is 1.45. The average molecular weight is 319 g/mol. The van der Waals surface area contributed by atoms with Crippen molar-refractivity contribution in [1.82, 2.24) is 19.5 Å². The van der Waals surface area contributed by atoms with Gasteiger partial charge in [-0.3, -0.25) is 4.72 Å². The predicted molar refractivity (Wildman–Crippen MR) is 84.3 cm³/mol. The molecule has 0 saturated carbocycles. The zero-order valence-electron chi connectivity index (χ0n) is 12.6. The van der Waals surface area contributed by atoms with E-state index in [-0.39, 0.29) is 5.03 Å². The van der Waals surface area contributed by atoms with Gasteiger partial charge in [0.2, 0.25) is 0 Å². The molecule has 0 amide bonds. The lowest BCUT2D eigenvalue weighted by Crippen LogP contribution is -2.13. The molecule has 0 aliphatic carbocycles. The monoisotopic (exact) mass is 319 g/mol. The van der Waals surface area contributed by atoms with Gasteiger partial charge in [-0.15, -0.1) is 0 Å².